The van der Waals surface area contributed by atoms with Gasteiger partial charge in [0, 0.05) is 0 Å². The molecule has 9 N–H and O–H groups in total. The van der Waals surface area contributed by atoms with E-state index in [1.54, 1.807) is 4.72 Å². The highest BCUT2D eigenvalue weighted by atomic mass is 32.2. The van der Waals surface area contributed by atoms with Crippen LogP contribution in [-0.4, -0.2) is 63.4 Å². The Bertz CT molecular complexity index is 485. The molecule has 0 aromatic heterocycles. The van der Waals surface area contributed by atoms with E-state index in [0.29, 0.717) is 0 Å². The second kappa shape index (κ2) is 9.76. The maximum atomic E-state index is 11.4. The fraction of sp³-hybridized carbons (Fsp3) is 0.667. The molecule has 0 aliphatic heterocycles. The van der Waals surface area contributed by atoms with Gasteiger partial charge in [-0.25, -0.2) is 26.4 Å². The van der Waals surface area contributed by atoms with Crippen LogP contribution in [0.4, 0.5) is 0 Å². The van der Waals surface area contributed by atoms with E-state index >= 15 is 0 Å². The van der Waals surface area contributed by atoms with Crippen LogP contribution in [-0.2, 0) is 49.9 Å². The van der Waals surface area contributed by atoms with Crippen LogP contribution >= 0.6 is 0 Å². The Labute approximate surface area is 132 Å². The number of hydrazine groups is 2. The minimum Gasteiger partial charge on any atom is -0.479 e. The van der Waals surface area contributed by atoms with Gasteiger partial charge in [-0.05, 0) is 0 Å². The fourth-order valence-electron chi connectivity index (χ4n) is 1.02. The summed E-state index contributed by atoms with van der Waals surface area (Å²) in [6.45, 7) is -1.13. The summed E-state index contributed by atoms with van der Waals surface area (Å²) in [4.78, 5) is 14.3. The van der Waals surface area contributed by atoms with Crippen molar-refractivity contribution in [3.8, 4) is 0 Å². The first-order valence-electron chi connectivity index (χ1n) is 4.52. The minimum absolute atomic E-state index is 0.102. The molecule has 0 radical (unpaired) electrons. The molecule has 0 aliphatic rings. The van der Waals surface area contributed by atoms with Crippen molar-refractivity contribution in [2.45, 2.75) is 5.66 Å². The molecule has 19 heteroatoms. The van der Waals surface area contributed by atoms with E-state index in [-0.39, 0.29) is 5.12 Å². The van der Waals surface area contributed by atoms with Gasteiger partial charge in [0.15, 0.2) is 0 Å². The lowest BCUT2D eigenvalue weighted by atomic mass is 10.2. The van der Waals surface area contributed by atoms with Crippen molar-refractivity contribution in [2.75, 3.05) is 6.54 Å². The number of nitrogens with zero attached hydrogens (tertiary/aromatic N) is 1. The summed E-state index contributed by atoms with van der Waals surface area (Å²) in [5.74, 6) is -2.02. The number of hydrogen-bond donors (Lipinski definition) is 9. The molecule has 0 rings (SSSR count). The number of carboxylic acid groups (broad SMARTS) is 1. The fourth-order valence-corrected chi connectivity index (χ4v) is 2.66. The molecule has 0 amide bonds. The van der Waals surface area contributed by atoms with Crippen molar-refractivity contribution in [1.29, 1.82) is 0 Å². The molecule has 0 saturated carbocycles. The third-order valence-corrected chi connectivity index (χ3v) is 3.36. The van der Waals surface area contributed by atoms with Crippen LogP contribution in [0.5, 0.6) is 0 Å². The number of rotatable bonds is 11. The molecule has 0 bridgehead atoms. The average Bonchev–Trinajstić information content (AvgIpc) is 2.31. The van der Waals surface area contributed by atoms with Gasteiger partial charge in [-0.3, -0.25) is 18.2 Å². The van der Waals surface area contributed by atoms with Gasteiger partial charge in [0.1, 0.15) is 0 Å². The van der Waals surface area contributed by atoms with Crippen molar-refractivity contribution in [3.63, 3.8) is 0 Å². The van der Waals surface area contributed by atoms with Crippen LogP contribution in [0.3, 0.4) is 0 Å². The third-order valence-electron chi connectivity index (χ3n) is 1.78. The Hall–Kier alpha value is -0.290. The summed E-state index contributed by atoms with van der Waals surface area (Å²) in [5.41, 5.74) is -2.91. The largest absolute Gasteiger partial charge is 0.479 e. The van der Waals surface area contributed by atoms with E-state index < -0.39 is 63.2 Å². The zero-order valence-electron chi connectivity index (χ0n) is 10.1. The van der Waals surface area contributed by atoms with E-state index in [9.17, 15) is 26.7 Å². The summed E-state index contributed by atoms with van der Waals surface area (Å²) >= 11 is -11.8. The summed E-state index contributed by atoms with van der Waals surface area (Å²) < 4.78 is 80.8. The zero-order valence-corrected chi connectivity index (χ0v) is 13.3. The molecule has 4 unspecified atom stereocenters. The van der Waals surface area contributed by atoms with Gasteiger partial charge < -0.3 is 5.11 Å². The molecule has 0 aromatic carbocycles. The van der Waals surface area contributed by atoms with Crippen molar-refractivity contribution in [3.05, 3.63) is 0 Å². The quantitative estimate of drug-likeness (QED) is 0.0907. The van der Waals surface area contributed by atoms with Crippen LogP contribution in [0.15, 0.2) is 0 Å². The number of carboxylic acids is 1. The highest BCUT2D eigenvalue weighted by Crippen LogP contribution is 2.10. The standard InChI is InChI=1S/C3H11N5O10S4/c9-2(10)3(5-20(13)14,1-4-19(11)12)8(6-21(15)16)7-22(17)18/h4-7H,1H2,(H,9,10)(H,11,12)(H,13,14)(H,15,16)(H,17,18)/t3-/m0/s1. The summed E-state index contributed by atoms with van der Waals surface area (Å²) in [6.07, 6.45) is 0. The van der Waals surface area contributed by atoms with E-state index in [1.807, 2.05) is 0 Å². The molecular formula is C3H11N5O10S4. The molecule has 132 valence electrons. The number of carbonyl (C=O) groups is 1. The molecule has 0 aliphatic carbocycles. The maximum absolute atomic E-state index is 11.4. The Morgan fingerprint density at radius 3 is 1.64 bits per heavy atom. The zero-order chi connectivity index (χ0) is 17.5. The Morgan fingerprint density at radius 1 is 0.909 bits per heavy atom. The number of hydrogen-bond acceptors (Lipinski definition) is 6. The monoisotopic (exact) mass is 405 g/mol. The molecule has 22 heavy (non-hydrogen) atoms. The van der Waals surface area contributed by atoms with Gasteiger partial charge >= 0.3 is 5.97 Å². The lowest BCUT2D eigenvalue weighted by Gasteiger charge is -2.37. The lowest BCUT2D eigenvalue weighted by Crippen LogP contribution is -2.75. The van der Waals surface area contributed by atoms with Gasteiger partial charge in [-0.15, -0.1) is 14.8 Å². The second-order valence-corrected chi connectivity index (χ2v) is 5.95. The summed E-state index contributed by atoms with van der Waals surface area (Å²) in [7, 11) is 0. The minimum atomic E-state index is -3.05. The van der Waals surface area contributed by atoms with Crippen LogP contribution in [0, 0.1) is 0 Å². The van der Waals surface area contributed by atoms with E-state index in [4.69, 9.17) is 18.2 Å². The highest BCUT2D eigenvalue weighted by molar-refractivity contribution is 7.78. The molecular weight excluding hydrogens is 394 g/mol. The predicted molar refractivity (Wildman–Crippen MR) is 72.7 cm³/mol. The molecule has 5 atom stereocenters. The second-order valence-electron chi connectivity index (χ2n) is 3.10. The van der Waals surface area contributed by atoms with E-state index in [1.165, 1.54) is 14.4 Å². The first kappa shape index (κ1) is 21.7. The Balaban J connectivity index is 5.81. The van der Waals surface area contributed by atoms with Crippen molar-refractivity contribution < 1.29 is 44.9 Å². The highest BCUT2D eigenvalue weighted by Gasteiger charge is 2.48. The smallest absolute Gasteiger partial charge is 0.344 e. The molecule has 15 nitrogen and oxygen atoms in total. The van der Waals surface area contributed by atoms with Crippen LogP contribution in [0.25, 0.3) is 0 Å². The van der Waals surface area contributed by atoms with Crippen molar-refractivity contribution in [2.24, 2.45) is 0 Å². The van der Waals surface area contributed by atoms with Gasteiger partial charge in [-0.1, -0.05) is 0 Å². The average molecular weight is 405 g/mol. The maximum Gasteiger partial charge on any atom is 0.344 e. The van der Waals surface area contributed by atoms with Gasteiger partial charge in [0.05, 0.1) is 6.54 Å². The molecule has 0 spiro atoms. The van der Waals surface area contributed by atoms with Crippen LogP contribution < -0.4 is 19.1 Å². The number of nitrogens with one attached hydrogen (secondary N) is 4. The van der Waals surface area contributed by atoms with E-state index in [0.717, 1.165) is 0 Å². The number of aliphatic carboxylic acids is 1. The van der Waals surface area contributed by atoms with Gasteiger partial charge in [0.25, 0.3) is 0 Å². The molecule has 0 saturated heterocycles. The first-order valence-corrected chi connectivity index (χ1v) is 8.95. The Morgan fingerprint density at radius 2 is 1.36 bits per heavy atom. The van der Waals surface area contributed by atoms with Crippen molar-refractivity contribution >= 4 is 51.0 Å². The van der Waals surface area contributed by atoms with Crippen LogP contribution in [0.1, 0.15) is 0 Å². The molecule has 0 fully saturated rings. The molecule has 0 aromatic rings. The normalized spacial score (nSPS) is 20.0. The lowest BCUT2D eigenvalue weighted by molar-refractivity contribution is -0.155. The predicted octanol–water partition coefficient (Wildman–Crippen LogP) is -4.20. The van der Waals surface area contributed by atoms with E-state index in [2.05, 4.69) is 0 Å². The first-order chi connectivity index (χ1) is 10.0. The SMILES string of the molecule is O=C(O)[C@@](CNS(=O)O)(NS(=O)O)N(NS(=O)O)NS(=O)O. The van der Waals surface area contributed by atoms with Crippen LogP contribution in [0.2, 0.25) is 0 Å². The summed E-state index contributed by atoms with van der Waals surface area (Å²) in [5, 5.41) is 9.07. The third kappa shape index (κ3) is 7.32. The Kier molecular flexibility index (Phi) is 9.63. The topological polar surface area (TPSA) is 238 Å². The van der Waals surface area contributed by atoms with Gasteiger partial charge in [0.2, 0.25) is 50.7 Å². The van der Waals surface area contributed by atoms with Gasteiger partial charge in [-0.2, -0.15) is 4.72 Å². The molecule has 0 heterocycles. The summed E-state index contributed by atoms with van der Waals surface area (Å²) in [6, 6.07) is 0. The van der Waals surface area contributed by atoms with Crippen molar-refractivity contribution in [1.82, 2.24) is 24.2 Å².